The molecular formula is C27H30N6O2. The van der Waals surface area contributed by atoms with E-state index in [0.29, 0.717) is 38.1 Å². The first-order chi connectivity index (χ1) is 17.2. The molecule has 4 heterocycles. The number of rotatable bonds is 5. The van der Waals surface area contributed by atoms with Crippen LogP contribution in [0.25, 0.3) is 29.1 Å². The molecule has 0 radical (unpaired) electrons. The molecule has 5 rings (SSSR count). The number of pyridine rings is 1. The van der Waals surface area contributed by atoms with Gasteiger partial charge in [0.1, 0.15) is 17.3 Å². The average molecular weight is 471 g/mol. The summed E-state index contributed by atoms with van der Waals surface area (Å²) in [5.74, 6) is 1.02. The Morgan fingerprint density at radius 1 is 0.714 bits per heavy atom. The number of fused-ring (bicyclic) bond motifs is 1. The summed E-state index contributed by atoms with van der Waals surface area (Å²) in [4.78, 5) is 8.82. The molecular weight excluding hydrogens is 440 g/mol. The van der Waals surface area contributed by atoms with Gasteiger partial charge in [-0.2, -0.15) is 0 Å². The fourth-order valence-electron chi connectivity index (χ4n) is 4.18. The van der Waals surface area contributed by atoms with Crippen molar-refractivity contribution < 1.29 is 9.47 Å². The summed E-state index contributed by atoms with van der Waals surface area (Å²) in [7, 11) is 0. The molecule has 0 saturated carbocycles. The molecule has 35 heavy (non-hydrogen) atoms. The van der Waals surface area contributed by atoms with Crippen LogP contribution in [-0.2, 0) is 9.47 Å². The molecule has 2 N–H and O–H groups in total. The molecule has 0 amide bonds. The van der Waals surface area contributed by atoms with E-state index in [-0.39, 0.29) is 0 Å². The number of hydrogen-bond acceptors (Lipinski definition) is 5. The zero-order chi connectivity index (χ0) is 24.0. The third-order valence-electron chi connectivity index (χ3n) is 6.25. The molecule has 2 aromatic heterocycles. The van der Waals surface area contributed by atoms with Gasteiger partial charge in [-0.1, -0.05) is 30.3 Å². The minimum Gasteiger partial charge on any atom is -0.378 e. The minimum atomic E-state index is 0.508. The van der Waals surface area contributed by atoms with Gasteiger partial charge in [0, 0.05) is 44.1 Å². The molecule has 0 spiro atoms. The summed E-state index contributed by atoms with van der Waals surface area (Å²) in [5, 5.41) is 16.5. The van der Waals surface area contributed by atoms with E-state index in [1.807, 2.05) is 75.2 Å². The Hall–Kier alpha value is -3.75. The molecule has 3 aromatic rings. The van der Waals surface area contributed by atoms with Crippen molar-refractivity contribution in [2.75, 3.05) is 52.6 Å². The van der Waals surface area contributed by atoms with Gasteiger partial charge < -0.3 is 23.7 Å². The number of amidine groups is 2. The van der Waals surface area contributed by atoms with Gasteiger partial charge in [0.05, 0.1) is 32.1 Å². The van der Waals surface area contributed by atoms with E-state index >= 15 is 0 Å². The third kappa shape index (κ3) is 5.67. The van der Waals surface area contributed by atoms with Crippen molar-refractivity contribution >= 4 is 29.5 Å². The Balaban J connectivity index is 1.25. The highest BCUT2D eigenvalue weighted by Gasteiger charge is 2.12. The van der Waals surface area contributed by atoms with Gasteiger partial charge in [-0.3, -0.25) is 10.8 Å². The fraction of sp³-hybridized carbons (Fsp3) is 0.296. The molecule has 0 atom stereocenters. The summed E-state index contributed by atoms with van der Waals surface area (Å²) >= 11 is 0. The van der Waals surface area contributed by atoms with Gasteiger partial charge in [0.25, 0.3) is 0 Å². The molecule has 8 heteroatoms. The van der Waals surface area contributed by atoms with Crippen molar-refractivity contribution in [3.8, 4) is 11.3 Å². The Bertz CT molecular complexity index is 1250. The van der Waals surface area contributed by atoms with E-state index in [9.17, 15) is 0 Å². The highest BCUT2D eigenvalue weighted by molar-refractivity contribution is 5.94. The number of imidazole rings is 1. The van der Waals surface area contributed by atoms with Crippen LogP contribution in [0.1, 0.15) is 11.1 Å². The number of nitrogens with one attached hydrogen (secondary N) is 2. The van der Waals surface area contributed by atoms with Crippen LogP contribution < -0.4 is 0 Å². The van der Waals surface area contributed by atoms with Crippen molar-refractivity contribution in [3.63, 3.8) is 0 Å². The van der Waals surface area contributed by atoms with Crippen LogP contribution in [0, 0.1) is 10.8 Å². The van der Waals surface area contributed by atoms with Crippen molar-refractivity contribution in [2.24, 2.45) is 0 Å². The highest BCUT2D eigenvalue weighted by atomic mass is 16.5. The second-order valence-electron chi connectivity index (χ2n) is 8.61. The predicted molar refractivity (Wildman–Crippen MR) is 139 cm³/mol. The van der Waals surface area contributed by atoms with Crippen LogP contribution in [-0.4, -0.2) is 83.5 Å². The number of nitrogens with zero attached hydrogens (tertiary/aromatic N) is 4. The van der Waals surface area contributed by atoms with Crippen LogP contribution in [0.3, 0.4) is 0 Å². The van der Waals surface area contributed by atoms with Crippen molar-refractivity contribution in [2.45, 2.75) is 0 Å². The largest absolute Gasteiger partial charge is 0.378 e. The molecule has 1 aromatic carbocycles. The van der Waals surface area contributed by atoms with Crippen LogP contribution in [0.15, 0.2) is 60.9 Å². The van der Waals surface area contributed by atoms with Crippen LogP contribution in [0.2, 0.25) is 0 Å². The van der Waals surface area contributed by atoms with Crippen molar-refractivity contribution in [3.05, 3.63) is 72.1 Å². The first kappa shape index (κ1) is 23.0. The van der Waals surface area contributed by atoms with E-state index in [1.165, 1.54) is 0 Å². The van der Waals surface area contributed by atoms with Crippen molar-refractivity contribution in [1.29, 1.82) is 10.8 Å². The maximum atomic E-state index is 8.28. The first-order valence-electron chi connectivity index (χ1n) is 11.9. The summed E-state index contributed by atoms with van der Waals surface area (Å²) in [6.45, 7) is 5.77. The second-order valence-corrected chi connectivity index (χ2v) is 8.61. The maximum absolute atomic E-state index is 8.28. The minimum absolute atomic E-state index is 0.508. The molecule has 2 fully saturated rings. The van der Waals surface area contributed by atoms with Gasteiger partial charge in [0.2, 0.25) is 0 Å². The molecule has 0 unspecified atom stereocenters. The topological polar surface area (TPSA) is 89.9 Å². The van der Waals surface area contributed by atoms with Gasteiger partial charge in [0.15, 0.2) is 0 Å². The Labute approximate surface area is 205 Å². The predicted octanol–water partition coefficient (Wildman–Crippen LogP) is 3.65. The van der Waals surface area contributed by atoms with E-state index in [4.69, 9.17) is 25.3 Å². The van der Waals surface area contributed by atoms with E-state index in [0.717, 1.165) is 54.2 Å². The van der Waals surface area contributed by atoms with E-state index in [2.05, 4.69) is 12.1 Å². The second kappa shape index (κ2) is 10.7. The van der Waals surface area contributed by atoms with Crippen LogP contribution in [0.4, 0.5) is 0 Å². The van der Waals surface area contributed by atoms with E-state index < -0.39 is 0 Å². The SMILES string of the molecule is N=C(/C=C/c1ccc(-c2cn3cc(/C=C/C(=N)N4CCOCC4)ccc3n2)cc1)N1CCOCC1. The van der Waals surface area contributed by atoms with Gasteiger partial charge in [-0.05, 0) is 41.5 Å². The smallest absolute Gasteiger partial charge is 0.137 e. The molecule has 2 aliphatic rings. The zero-order valence-corrected chi connectivity index (χ0v) is 19.7. The first-order valence-corrected chi connectivity index (χ1v) is 11.9. The molecule has 2 aliphatic heterocycles. The zero-order valence-electron chi connectivity index (χ0n) is 19.7. The average Bonchev–Trinajstić information content (AvgIpc) is 3.35. The number of hydrogen-bond donors (Lipinski definition) is 2. The summed E-state index contributed by atoms with van der Waals surface area (Å²) in [6, 6.07) is 12.2. The lowest BCUT2D eigenvalue weighted by Crippen LogP contribution is -2.39. The lowest BCUT2D eigenvalue weighted by molar-refractivity contribution is 0.0681. The quantitative estimate of drug-likeness (QED) is 0.439. The molecule has 180 valence electrons. The van der Waals surface area contributed by atoms with Crippen molar-refractivity contribution in [1.82, 2.24) is 19.2 Å². The number of morpholine rings is 2. The third-order valence-corrected chi connectivity index (χ3v) is 6.25. The summed E-state index contributed by atoms with van der Waals surface area (Å²) in [6.07, 6.45) is 11.7. The Morgan fingerprint density at radius 2 is 1.26 bits per heavy atom. The number of aromatic nitrogens is 2. The molecule has 0 aliphatic carbocycles. The monoisotopic (exact) mass is 470 g/mol. The number of ether oxygens (including phenoxy) is 2. The molecule has 0 bridgehead atoms. The lowest BCUT2D eigenvalue weighted by atomic mass is 10.1. The number of benzene rings is 1. The van der Waals surface area contributed by atoms with Gasteiger partial charge in [-0.15, -0.1) is 0 Å². The van der Waals surface area contributed by atoms with Gasteiger partial charge >= 0.3 is 0 Å². The van der Waals surface area contributed by atoms with Gasteiger partial charge in [-0.25, -0.2) is 4.98 Å². The Kier molecular flexibility index (Phi) is 7.02. The maximum Gasteiger partial charge on any atom is 0.137 e. The Morgan fingerprint density at radius 3 is 1.86 bits per heavy atom. The van der Waals surface area contributed by atoms with E-state index in [1.54, 1.807) is 0 Å². The normalized spacial score (nSPS) is 17.0. The summed E-state index contributed by atoms with van der Waals surface area (Å²) in [5.41, 5.74) is 4.89. The molecule has 8 nitrogen and oxygen atoms in total. The van der Waals surface area contributed by atoms with Crippen LogP contribution in [0.5, 0.6) is 0 Å². The lowest BCUT2D eigenvalue weighted by Gasteiger charge is -2.27. The highest BCUT2D eigenvalue weighted by Crippen LogP contribution is 2.21. The fourth-order valence-corrected chi connectivity index (χ4v) is 4.18. The molecule has 2 saturated heterocycles. The summed E-state index contributed by atoms with van der Waals surface area (Å²) < 4.78 is 12.7. The standard InChI is InChI=1S/C27H30N6O2/c28-25(31-11-15-34-16-12-31)8-3-21-1-6-23(7-2-21)24-20-33-19-22(5-10-27(33)30-24)4-9-26(29)32-13-17-35-18-14-32/h1-10,19-20,28-29H,11-18H2/b8-3+,9-4+,28-25?,29-26?. The van der Waals surface area contributed by atoms with Crippen LogP contribution >= 0.6 is 0 Å².